The lowest BCUT2D eigenvalue weighted by Crippen LogP contribution is -2.56. The van der Waals surface area contributed by atoms with Gasteiger partial charge in [-0.15, -0.1) is 0 Å². The van der Waals surface area contributed by atoms with Crippen molar-refractivity contribution in [3.05, 3.63) is 0 Å². The van der Waals surface area contributed by atoms with Crippen LogP contribution in [0, 0.1) is 0 Å². The van der Waals surface area contributed by atoms with Gasteiger partial charge in [-0.25, -0.2) is 8.42 Å². The van der Waals surface area contributed by atoms with Gasteiger partial charge in [0.05, 0.1) is 6.61 Å². The Balaban J connectivity index is 2.21. The third-order valence-corrected chi connectivity index (χ3v) is 6.69. The summed E-state index contributed by atoms with van der Waals surface area (Å²) in [6.45, 7) is 2.24. The third-order valence-electron chi connectivity index (χ3n) is 4.02. The van der Waals surface area contributed by atoms with Crippen LogP contribution >= 0.6 is 0 Å². The van der Waals surface area contributed by atoms with Crippen molar-refractivity contribution in [1.82, 2.24) is 9.62 Å². The van der Waals surface area contributed by atoms with E-state index in [1.165, 1.54) is 0 Å². The zero-order valence-corrected chi connectivity index (χ0v) is 11.0. The van der Waals surface area contributed by atoms with Crippen LogP contribution in [0.15, 0.2) is 0 Å². The van der Waals surface area contributed by atoms with E-state index in [1.807, 2.05) is 0 Å². The van der Waals surface area contributed by atoms with Crippen molar-refractivity contribution in [3.63, 3.8) is 0 Å². The number of aliphatic hydroxyl groups is 1. The number of sulfonamides is 1. The van der Waals surface area contributed by atoms with Crippen LogP contribution in [0.2, 0.25) is 0 Å². The van der Waals surface area contributed by atoms with Gasteiger partial charge in [0.2, 0.25) is 10.0 Å². The summed E-state index contributed by atoms with van der Waals surface area (Å²) in [5, 5.41) is 12.7. The molecule has 2 N–H and O–H groups in total. The van der Waals surface area contributed by atoms with Crippen molar-refractivity contribution in [2.45, 2.75) is 36.9 Å². The summed E-state index contributed by atoms with van der Waals surface area (Å²) in [7, 11) is -3.35. The van der Waals surface area contributed by atoms with Crippen LogP contribution in [0.4, 0.5) is 0 Å². The Hall–Kier alpha value is -0.170. The molecule has 0 radical (unpaired) electrons. The molecule has 0 aromatic rings. The summed E-state index contributed by atoms with van der Waals surface area (Å²) in [5.41, 5.74) is 0. The van der Waals surface area contributed by atoms with Crippen molar-refractivity contribution in [3.8, 4) is 0 Å². The monoisotopic (exact) mass is 262 g/mol. The molecule has 2 aliphatic rings. The number of nitrogens with one attached hydrogen (secondary N) is 1. The van der Waals surface area contributed by atoms with Crippen LogP contribution in [0.25, 0.3) is 0 Å². The third kappa shape index (κ3) is 2.36. The molecule has 17 heavy (non-hydrogen) atoms. The van der Waals surface area contributed by atoms with Crippen LogP contribution in [-0.4, -0.2) is 55.4 Å². The van der Waals surface area contributed by atoms with Crippen LogP contribution in [0.1, 0.15) is 32.1 Å². The molecule has 1 aliphatic heterocycles. The van der Waals surface area contributed by atoms with Crippen molar-refractivity contribution in [2.75, 3.05) is 32.8 Å². The molecule has 0 aromatic heterocycles. The maximum absolute atomic E-state index is 12.6. The molecule has 0 bridgehead atoms. The van der Waals surface area contributed by atoms with Crippen LogP contribution in [0.5, 0.6) is 0 Å². The first-order valence-corrected chi connectivity index (χ1v) is 7.88. The van der Waals surface area contributed by atoms with E-state index in [9.17, 15) is 13.5 Å². The minimum Gasteiger partial charge on any atom is -0.395 e. The smallest absolute Gasteiger partial charge is 0.222 e. The van der Waals surface area contributed by atoms with Crippen molar-refractivity contribution < 1.29 is 13.5 Å². The SMILES string of the molecule is O=S(=O)(N1CCNCC1)C1(CO)CCCCC1. The van der Waals surface area contributed by atoms with E-state index in [1.54, 1.807) is 4.31 Å². The topological polar surface area (TPSA) is 69.6 Å². The van der Waals surface area contributed by atoms with Gasteiger partial charge < -0.3 is 10.4 Å². The summed E-state index contributed by atoms with van der Waals surface area (Å²) in [5.74, 6) is 0. The van der Waals surface area contributed by atoms with E-state index in [0.717, 1.165) is 19.3 Å². The summed E-state index contributed by atoms with van der Waals surface area (Å²) in [6, 6.07) is 0. The Labute approximate surface area is 103 Å². The number of piperazine rings is 1. The lowest BCUT2D eigenvalue weighted by Gasteiger charge is -2.40. The second kappa shape index (κ2) is 5.22. The largest absolute Gasteiger partial charge is 0.395 e. The fourth-order valence-corrected chi connectivity index (χ4v) is 5.03. The Morgan fingerprint density at radius 1 is 1.12 bits per heavy atom. The van der Waals surface area contributed by atoms with Gasteiger partial charge in [0.1, 0.15) is 4.75 Å². The highest BCUT2D eigenvalue weighted by Crippen LogP contribution is 2.36. The minimum absolute atomic E-state index is 0.237. The van der Waals surface area contributed by atoms with E-state index in [0.29, 0.717) is 39.0 Å². The predicted molar refractivity (Wildman–Crippen MR) is 66.3 cm³/mol. The van der Waals surface area contributed by atoms with Gasteiger partial charge in [-0.05, 0) is 12.8 Å². The first-order valence-electron chi connectivity index (χ1n) is 6.44. The van der Waals surface area contributed by atoms with Gasteiger partial charge in [-0.1, -0.05) is 19.3 Å². The maximum atomic E-state index is 12.6. The molecule has 1 saturated heterocycles. The van der Waals surface area contributed by atoms with Crippen LogP contribution in [-0.2, 0) is 10.0 Å². The molecule has 0 aromatic carbocycles. The molecule has 0 amide bonds. The Kier molecular flexibility index (Phi) is 4.07. The summed E-state index contributed by atoms with van der Waals surface area (Å²) in [6.07, 6.45) is 4.11. The lowest BCUT2D eigenvalue weighted by atomic mass is 9.89. The molecule has 6 heteroatoms. The fourth-order valence-electron chi connectivity index (χ4n) is 2.85. The molecule has 1 heterocycles. The maximum Gasteiger partial charge on any atom is 0.222 e. The minimum atomic E-state index is -3.35. The van der Waals surface area contributed by atoms with E-state index < -0.39 is 14.8 Å². The molecule has 0 spiro atoms. The zero-order valence-electron chi connectivity index (χ0n) is 10.2. The number of hydrogen-bond donors (Lipinski definition) is 2. The van der Waals surface area contributed by atoms with Crippen LogP contribution < -0.4 is 5.32 Å². The van der Waals surface area contributed by atoms with Crippen molar-refractivity contribution in [1.29, 1.82) is 0 Å². The molecule has 5 nitrogen and oxygen atoms in total. The second-order valence-corrected chi connectivity index (χ2v) is 7.39. The second-order valence-electron chi connectivity index (χ2n) is 5.06. The predicted octanol–water partition coefficient (Wildman–Crippen LogP) is -0.0834. The number of rotatable bonds is 3. The molecule has 2 rings (SSSR count). The summed E-state index contributed by atoms with van der Waals surface area (Å²) in [4.78, 5) is 0. The molecule has 1 aliphatic carbocycles. The molecule has 2 fully saturated rings. The quantitative estimate of drug-likeness (QED) is 0.746. The van der Waals surface area contributed by atoms with Gasteiger partial charge in [-0.2, -0.15) is 4.31 Å². The molecule has 1 saturated carbocycles. The molecule has 0 atom stereocenters. The number of nitrogens with zero attached hydrogens (tertiary/aromatic N) is 1. The van der Waals surface area contributed by atoms with E-state index in [4.69, 9.17) is 0 Å². The van der Waals surface area contributed by atoms with Gasteiger partial charge in [0.25, 0.3) is 0 Å². The standard InChI is InChI=1S/C11H22N2O3S/c14-10-11(4-2-1-3-5-11)17(15,16)13-8-6-12-7-9-13/h12,14H,1-10H2. The van der Waals surface area contributed by atoms with Gasteiger partial charge in [-0.3, -0.25) is 0 Å². The average Bonchev–Trinajstić information content (AvgIpc) is 2.40. The Morgan fingerprint density at radius 3 is 2.24 bits per heavy atom. The summed E-state index contributed by atoms with van der Waals surface area (Å²) >= 11 is 0. The molecular formula is C11H22N2O3S. The van der Waals surface area contributed by atoms with Crippen molar-refractivity contribution >= 4 is 10.0 Å². The Bertz CT molecular complexity index is 344. The number of aliphatic hydroxyl groups excluding tert-OH is 1. The number of hydrogen-bond acceptors (Lipinski definition) is 4. The molecular weight excluding hydrogens is 240 g/mol. The van der Waals surface area contributed by atoms with E-state index >= 15 is 0 Å². The van der Waals surface area contributed by atoms with E-state index in [2.05, 4.69) is 5.32 Å². The molecule has 100 valence electrons. The highest BCUT2D eigenvalue weighted by Gasteiger charge is 2.47. The van der Waals surface area contributed by atoms with Gasteiger partial charge in [0.15, 0.2) is 0 Å². The fraction of sp³-hybridized carbons (Fsp3) is 1.00. The van der Waals surface area contributed by atoms with Gasteiger partial charge >= 0.3 is 0 Å². The van der Waals surface area contributed by atoms with Crippen molar-refractivity contribution in [2.24, 2.45) is 0 Å². The van der Waals surface area contributed by atoms with E-state index in [-0.39, 0.29) is 6.61 Å². The molecule has 0 unspecified atom stereocenters. The van der Waals surface area contributed by atoms with Crippen LogP contribution in [0.3, 0.4) is 0 Å². The Morgan fingerprint density at radius 2 is 1.71 bits per heavy atom. The highest BCUT2D eigenvalue weighted by molar-refractivity contribution is 7.90. The van der Waals surface area contributed by atoms with Gasteiger partial charge in [0, 0.05) is 26.2 Å². The first-order chi connectivity index (χ1) is 8.12. The zero-order chi connectivity index (χ0) is 12.4. The first kappa shape index (κ1) is 13.3. The normalized spacial score (nSPS) is 26.9. The summed E-state index contributed by atoms with van der Waals surface area (Å²) < 4.78 is 25.9. The lowest BCUT2D eigenvalue weighted by molar-refractivity contribution is 0.196. The highest BCUT2D eigenvalue weighted by atomic mass is 32.2. The average molecular weight is 262 g/mol.